The lowest BCUT2D eigenvalue weighted by molar-refractivity contribution is -0.237. The van der Waals surface area contributed by atoms with E-state index in [2.05, 4.69) is 0 Å². The molecule has 1 fully saturated rings. The Morgan fingerprint density at radius 3 is 1.57 bits per heavy atom. The minimum Gasteiger partial charge on any atom is -0.195 e. The molecule has 0 bridgehead atoms. The Morgan fingerprint density at radius 1 is 1.00 bits per heavy atom. The SMILES string of the molecule is [O]C1([O])CCCC1. The Kier molecular flexibility index (Phi) is 1.05. The van der Waals surface area contributed by atoms with Gasteiger partial charge in [0.15, 0.2) is 0 Å². The zero-order valence-corrected chi connectivity index (χ0v) is 4.14. The number of hydrogen-bond acceptors (Lipinski definition) is 0. The summed E-state index contributed by atoms with van der Waals surface area (Å²) in [5.41, 5.74) is 0. The normalized spacial score (nSPS) is 28.3. The average molecular weight is 100 g/mol. The summed E-state index contributed by atoms with van der Waals surface area (Å²) in [6, 6.07) is 0. The summed E-state index contributed by atoms with van der Waals surface area (Å²) in [6.07, 6.45) is 2.36. The van der Waals surface area contributed by atoms with Gasteiger partial charge in [-0.25, -0.2) is 0 Å². The van der Waals surface area contributed by atoms with Gasteiger partial charge in [0.05, 0.1) is 0 Å². The fourth-order valence-corrected chi connectivity index (χ4v) is 0.914. The zero-order chi connectivity index (χ0) is 5.33. The topological polar surface area (TPSA) is 39.8 Å². The third kappa shape index (κ3) is 1.14. The molecule has 2 radical (unpaired) electrons. The van der Waals surface area contributed by atoms with Gasteiger partial charge >= 0.3 is 0 Å². The van der Waals surface area contributed by atoms with E-state index in [1.807, 2.05) is 0 Å². The van der Waals surface area contributed by atoms with Gasteiger partial charge in [0.25, 0.3) is 0 Å². The van der Waals surface area contributed by atoms with E-state index >= 15 is 0 Å². The van der Waals surface area contributed by atoms with Gasteiger partial charge in [0.2, 0.25) is 5.79 Å². The molecule has 2 nitrogen and oxygen atoms in total. The molecule has 0 aromatic heterocycles. The smallest absolute Gasteiger partial charge is 0.195 e. The third-order valence-corrected chi connectivity index (χ3v) is 1.37. The Balaban J connectivity index is 2.40. The van der Waals surface area contributed by atoms with Crippen LogP contribution < -0.4 is 0 Å². The first kappa shape index (κ1) is 5.06. The van der Waals surface area contributed by atoms with Gasteiger partial charge in [-0.15, -0.1) is 0 Å². The summed E-state index contributed by atoms with van der Waals surface area (Å²) in [4.78, 5) is 0. The van der Waals surface area contributed by atoms with Gasteiger partial charge in [0, 0.05) is 12.8 Å². The summed E-state index contributed by atoms with van der Waals surface area (Å²) in [5.74, 6) is -1.81. The van der Waals surface area contributed by atoms with E-state index in [4.69, 9.17) is 0 Å². The molecule has 1 aliphatic rings. The van der Waals surface area contributed by atoms with Crippen LogP contribution >= 0.6 is 0 Å². The molecule has 0 N–H and O–H groups in total. The van der Waals surface area contributed by atoms with Crippen LogP contribution in [-0.4, -0.2) is 5.79 Å². The first-order valence-electron chi connectivity index (χ1n) is 2.62. The second-order valence-electron chi connectivity index (χ2n) is 2.12. The molecule has 7 heavy (non-hydrogen) atoms. The molecule has 1 aliphatic carbocycles. The highest BCUT2D eigenvalue weighted by molar-refractivity contribution is 4.70. The fraction of sp³-hybridized carbons (Fsp3) is 1.00. The maximum Gasteiger partial charge on any atom is 0.234 e. The molecule has 0 unspecified atom stereocenters. The van der Waals surface area contributed by atoms with Crippen LogP contribution in [0.1, 0.15) is 25.7 Å². The molecular weight excluding hydrogens is 92.1 g/mol. The highest BCUT2D eigenvalue weighted by atomic mass is 16.5. The minimum atomic E-state index is -1.81. The summed E-state index contributed by atoms with van der Waals surface area (Å²) < 4.78 is 0. The van der Waals surface area contributed by atoms with Gasteiger partial charge in [0.1, 0.15) is 0 Å². The second-order valence-corrected chi connectivity index (χ2v) is 2.12. The Morgan fingerprint density at radius 2 is 1.43 bits per heavy atom. The molecule has 2 heteroatoms. The van der Waals surface area contributed by atoms with Gasteiger partial charge < -0.3 is 0 Å². The van der Waals surface area contributed by atoms with E-state index in [9.17, 15) is 10.2 Å². The number of hydrogen-bond donors (Lipinski definition) is 0. The monoisotopic (exact) mass is 100 g/mol. The van der Waals surface area contributed by atoms with E-state index in [0.29, 0.717) is 12.8 Å². The predicted molar refractivity (Wildman–Crippen MR) is 22.6 cm³/mol. The largest absolute Gasteiger partial charge is 0.234 e. The molecule has 0 amide bonds. The average Bonchev–Trinajstić information content (AvgIpc) is 1.84. The molecule has 1 saturated carbocycles. The third-order valence-electron chi connectivity index (χ3n) is 1.37. The van der Waals surface area contributed by atoms with E-state index in [0.717, 1.165) is 12.8 Å². The van der Waals surface area contributed by atoms with Crippen LogP contribution in [0.5, 0.6) is 0 Å². The van der Waals surface area contributed by atoms with Gasteiger partial charge in [-0.3, -0.25) is 0 Å². The van der Waals surface area contributed by atoms with Crippen LogP contribution in [-0.2, 0) is 10.2 Å². The van der Waals surface area contributed by atoms with Gasteiger partial charge in [-0.1, -0.05) is 0 Å². The molecule has 0 saturated heterocycles. The molecule has 1 rings (SSSR count). The molecular formula is C5H8O2. The second kappa shape index (κ2) is 1.46. The van der Waals surface area contributed by atoms with E-state index in [-0.39, 0.29) is 0 Å². The van der Waals surface area contributed by atoms with Crippen LogP contribution in [0.2, 0.25) is 0 Å². The predicted octanol–water partition coefficient (Wildman–Crippen LogP) is 1.12. The van der Waals surface area contributed by atoms with Crippen LogP contribution in [0.15, 0.2) is 0 Å². The molecule has 0 spiro atoms. The zero-order valence-electron chi connectivity index (χ0n) is 4.14. The van der Waals surface area contributed by atoms with Crippen molar-refractivity contribution in [3.05, 3.63) is 0 Å². The lowest BCUT2D eigenvalue weighted by atomic mass is 10.2. The summed E-state index contributed by atoms with van der Waals surface area (Å²) >= 11 is 0. The van der Waals surface area contributed by atoms with Crippen molar-refractivity contribution in [1.82, 2.24) is 0 Å². The van der Waals surface area contributed by atoms with Crippen molar-refractivity contribution in [2.45, 2.75) is 31.5 Å². The van der Waals surface area contributed by atoms with E-state index in [1.54, 1.807) is 0 Å². The molecule has 40 valence electrons. The van der Waals surface area contributed by atoms with Gasteiger partial charge in [-0.05, 0) is 12.8 Å². The quantitative estimate of drug-likeness (QED) is 0.409. The number of rotatable bonds is 0. The van der Waals surface area contributed by atoms with E-state index < -0.39 is 5.79 Å². The summed E-state index contributed by atoms with van der Waals surface area (Å²) in [7, 11) is 0. The Bertz CT molecular complexity index is 60.5. The van der Waals surface area contributed by atoms with Crippen LogP contribution in [0.25, 0.3) is 0 Å². The van der Waals surface area contributed by atoms with Crippen molar-refractivity contribution < 1.29 is 10.2 Å². The standard InChI is InChI=1S/C5H8O2/c6-5(7)3-1-2-4-5/h1-4H2. The lowest BCUT2D eigenvalue weighted by Crippen LogP contribution is -2.17. The lowest BCUT2D eigenvalue weighted by Gasteiger charge is -2.03. The van der Waals surface area contributed by atoms with Crippen molar-refractivity contribution in [3.63, 3.8) is 0 Å². The first-order chi connectivity index (χ1) is 3.21. The van der Waals surface area contributed by atoms with Crippen LogP contribution in [0.3, 0.4) is 0 Å². The molecule has 0 heterocycles. The summed E-state index contributed by atoms with van der Waals surface area (Å²) in [5, 5.41) is 20.7. The molecule has 0 aromatic carbocycles. The van der Waals surface area contributed by atoms with Crippen LogP contribution in [0, 0.1) is 0 Å². The van der Waals surface area contributed by atoms with Crippen molar-refractivity contribution in [2.75, 3.05) is 0 Å². The van der Waals surface area contributed by atoms with Crippen molar-refractivity contribution >= 4 is 0 Å². The Labute approximate surface area is 42.8 Å². The Hall–Kier alpha value is -0.0800. The highest BCUT2D eigenvalue weighted by Gasteiger charge is 2.31. The minimum absolute atomic E-state index is 0.340. The maximum atomic E-state index is 10.3. The van der Waals surface area contributed by atoms with Gasteiger partial charge in [-0.2, -0.15) is 10.2 Å². The van der Waals surface area contributed by atoms with E-state index in [1.165, 1.54) is 0 Å². The summed E-state index contributed by atoms with van der Waals surface area (Å²) in [6.45, 7) is 0. The molecule has 0 atom stereocenters. The highest BCUT2D eigenvalue weighted by Crippen LogP contribution is 2.27. The maximum absolute atomic E-state index is 10.3. The first-order valence-corrected chi connectivity index (χ1v) is 2.62. The van der Waals surface area contributed by atoms with Crippen molar-refractivity contribution in [2.24, 2.45) is 0 Å². The molecule has 0 aliphatic heterocycles. The molecule has 0 aromatic rings. The van der Waals surface area contributed by atoms with Crippen molar-refractivity contribution in [3.8, 4) is 0 Å². The van der Waals surface area contributed by atoms with Crippen LogP contribution in [0.4, 0.5) is 0 Å². The van der Waals surface area contributed by atoms with Crippen molar-refractivity contribution in [1.29, 1.82) is 0 Å². The fourth-order valence-electron chi connectivity index (χ4n) is 0.914.